The average Bonchev–Trinajstić information content (AvgIpc) is 2.39. The van der Waals surface area contributed by atoms with E-state index >= 15 is 0 Å². The van der Waals surface area contributed by atoms with Crippen molar-refractivity contribution in [3.05, 3.63) is 53.0 Å². The summed E-state index contributed by atoms with van der Waals surface area (Å²) in [7, 11) is 0.431. The molecule has 0 aliphatic carbocycles. The van der Waals surface area contributed by atoms with Gasteiger partial charge in [-0.05, 0) is 42.5 Å². The minimum atomic E-state index is -1.17. The first-order valence-corrected chi connectivity index (χ1v) is 6.96. The topological polar surface area (TPSA) is 26.3 Å². The lowest BCUT2D eigenvalue weighted by atomic mass is 10.3. The SMILES string of the molecule is COc1cccc([S@@](=O)c2ccc(Br)cc2)c1. The predicted octanol–water partition coefficient (Wildman–Crippen LogP) is 3.62. The number of halogens is 1. The Morgan fingerprint density at radius 3 is 2.41 bits per heavy atom. The van der Waals surface area contributed by atoms with Crippen LogP contribution in [-0.4, -0.2) is 11.3 Å². The highest BCUT2D eigenvalue weighted by Crippen LogP contribution is 2.22. The summed E-state index contributed by atoms with van der Waals surface area (Å²) in [5, 5.41) is 0. The van der Waals surface area contributed by atoms with Gasteiger partial charge in [-0.1, -0.05) is 22.0 Å². The van der Waals surface area contributed by atoms with Gasteiger partial charge in [-0.3, -0.25) is 0 Å². The summed E-state index contributed by atoms with van der Waals surface area (Å²) in [4.78, 5) is 1.52. The van der Waals surface area contributed by atoms with Gasteiger partial charge in [0.05, 0.1) is 17.9 Å². The van der Waals surface area contributed by atoms with Gasteiger partial charge < -0.3 is 4.74 Å². The number of methoxy groups -OCH3 is 1. The van der Waals surface area contributed by atoms with E-state index in [4.69, 9.17) is 4.74 Å². The molecule has 0 aliphatic rings. The first-order valence-electron chi connectivity index (χ1n) is 5.02. The standard InChI is InChI=1S/C13H11BrO2S/c1-16-11-3-2-4-13(9-11)17(15)12-7-5-10(14)6-8-12/h2-9H,1H3/t17-/m0/s1. The van der Waals surface area contributed by atoms with E-state index in [1.54, 1.807) is 13.2 Å². The molecule has 0 spiro atoms. The van der Waals surface area contributed by atoms with Gasteiger partial charge in [0.1, 0.15) is 5.75 Å². The van der Waals surface area contributed by atoms with Crippen LogP contribution in [0.1, 0.15) is 0 Å². The lowest BCUT2D eigenvalue weighted by molar-refractivity contribution is 0.413. The maximum absolute atomic E-state index is 12.3. The fourth-order valence-corrected chi connectivity index (χ4v) is 2.76. The molecular weight excluding hydrogens is 300 g/mol. The largest absolute Gasteiger partial charge is 0.497 e. The lowest BCUT2D eigenvalue weighted by Gasteiger charge is -2.04. The summed E-state index contributed by atoms with van der Waals surface area (Å²) in [5.41, 5.74) is 0. The van der Waals surface area contributed by atoms with Crippen molar-refractivity contribution >= 4 is 26.7 Å². The van der Waals surface area contributed by atoms with E-state index in [0.717, 1.165) is 14.3 Å². The van der Waals surface area contributed by atoms with Gasteiger partial charge in [0, 0.05) is 14.3 Å². The van der Waals surface area contributed by atoms with Gasteiger partial charge in [0.15, 0.2) is 0 Å². The Morgan fingerprint density at radius 1 is 1.06 bits per heavy atom. The third-order valence-electron chi connectivity index (χ3n) is 2.28. The Kier molecular flexibility index (Phi) is 3.97. The lowest BCUT2D eigenvalue weighted by Crippen LogP contribution is -1.93. The molecule has 0 saturated carbocycles. The molecular formula is C13H11BrO2S. The zero-order valence-corrected chi connectivity index (χ0v) is 11.6. The minimum absolute atomic E-state index is 0.716. The van der Waals surface area contributed by atoms with Gasteiger partial charge in [0.25, 0.3) is 0 Å². The number of rotatable bonds is 3. The molecule has 4 heteroatoms. The minimum Gasteiger partial charge on any atom is -0.497 e. The quantitative estimate of drug-likeness (QED) is 0.865. The second kappa shape index (κ2) is 5.47. The van der Waals surface area contributed by atoms with Crippen LogP contribution in [0.15, 0.2) is 62.8 Å². The van der Waals surface area contributed by atoms with Crippen molar-refractivity contribution in [2.45, 2.75) is 9.79 Å². The van der Waals surface area contributed by atoms with Crippen LogP contribution in [0.25, 0.3) is 0 Å². The van der Waals surface area contributed by atoms with Crippen molar-refractivity contribution in [1.82, 2.24) is 0 Å². The van der Waals surface area contributed by atoms with E-state index in [2.05, 4.69) is 15.9 Å². The van der Waals surface area contributed by atoms with Crippen LogP contribution < -0.4 is 4.74 Å². The second-order valence-corrected chi connectivity index (χ2v) is 5.80. The molecule has 0 bridgehead atoms. The number of hydrogen-bond acceptors (Lipinski definition) is 2. The van der Waals surface area contributed by atoms with Crippen LogP contribution >= 0.6 is 15.9 Å². The van der Waals surface area contributed by atoms with Crippen LogP contribution in [0.2, 0.25) is 0 Å². The first kappa shape index (κ1) is 12.3. The van der Waals surface area contributed by atoms with Gasteiger partial charge in [-0.2, -0.15) is 0 Å². The monoisotopic (exact) mass is 310 g/mol. The fraction of sp³-hybridized carbons (Fsp3) is 0.0769. The van der Waals surface area contributed by atoms with Gasteiger partial charge in [-0.15, -0.1) is 0 Å². The Morgan fingerprint density at radius 2 is 1.76 bits per heavy atom. The van der Waals surface area contributed by atoms with Crippen LogP contribution in [0.5, 0.6) is 5.75 Å². The van der Waals surface area contributed by atoms with E-state index in [-0.39, 0.29) is 0 Å². The molecule has 17 heavy (non-hydrogen) atoms. The van der Waals surface area contributed by atoms with E-state index in [0.29, 0.717) is 5.75 Å². The van der Waals surface area contributed by atoms with Crippen molar-refractivity contribution in [3.63, 3.8) is 0 Å². The highest BCUT2D eigenvalue weighted by atomic mass is 79.9. The smallest absolute Gasteiger partial charge is 0.120 e. The summed E-state index contributed by atoms with van der Waals surface area (Å²) >= 11 is 3.35. The Bertz CT molecular complexity index is 537. The Hall–Kier alpha value is -1.13. The Balaban J connectivity index is 2.33. The molecule has 0 radical (unpaired) electrons. The molecule has 2 aromatic rings. The molecule has 0 saturated heterocycles. The summed E-state index contributed by atoms with van der Waals surface area (Å²) < 4.78 is 18.4. The highest BCUT2D eigenvalue weighted by Gasteiger charge is 2.07. The number of ether oxygens (including phenoxy) is 1. The molecule has 0 aromatic heterocycles. The molecule has 0 unspecified atom stereocenters. The highest BCUT2D eigenvalue weighted by molar-refractivity contribution is 9.10. The maximum Gasteiger partial charge on any atom is 0.120 e. The van der Waals surface area contributed by atoms with Crippen molar-refractivity contribution in [1.29, 1.82) is 0 Å². The molecule has 2 rings (SSSR count). The van der Waals surface area contributed by atoms with Gasteiger partial charge in [-0.25, -0.2) is 4.21 Å². The first-order chi connectivity index (χ1) is 8.20. The second-order valence-electron chi connectivity index (χ2n) is 3.40. The number of benzene rings is 2. The Labute approximate surface area is 111 Å². The average molecular weight is 311 g/mol. The third kappa shape index (κ3) is 2.96. The van der Waals surface area contributed by atoms with Gasteiger partial charge >= 0.3 is 0 Å². The summed E-state index contributed by atoms with van der Waals surface area (Å²) in [6.07, 6.45) is 0. The molecule has 0 heterocycles. The fourth-order valence-electron chi connectivity index (χ4n) is 1.41. The predicted molar refractivity (Wildman–Crippen MR) is 71.8 cm³/mol. The third-order valence-corrected chi connectivity index (χ3v) is 4.19. The summed E-state index contributed by atoms with van der Waals surface area (Å²) in [6, 6.07) is 14.8. The van der Waals surface area contributed by atoms with Crippen molar-refractivity contribution < 1.29 is 8.95 Å². The summed E-state index contributed by atoms with van der Waals surface area (Å²) in [5.74, 6) is 0.716. The van der Waals surface area contributed by atoms with E-state index in [9.17, 15) is 4.21 Å². The molecule has 88 valence electrons. The van der Waals surface area contributed by atoms with Crippen LogP contribution in [0, 0.1) is 0 Å². The molecule has 0 fully saturated rings. The van der Waals surface area contributed by atoms with Crippen LogP contribution in [-0.2, 0) is 10.8 Å². The summed E-state index contributed by atoms with van der Waals surface area (Å²) in [6.45, 7) is 0. The van der Waals surface area contributed by atoms with Crippen molar-refractivity contribution in [2.75, 3.05) is 7.11 Å². The molecule has 0 N–H and O–H groups in total. The van der Waals surface area contributed by atoms with Gasteiger partial charge in [0.2, 0.25) is 0 Å². The zero-order chi connectivity index (χ0) is 12.3. The molecule has 2 aromatic carbocycles. The normalized spacial score (nSPS) is 12.1. The molecule has 1 atom stereocenters. The molecule has 2 nitrogen and oxygen atoms in total. The zero-order valence-electron chi connectivity index (χ0n) is 9.22. The maximum atomic E-state index is 12.3. The molecule has 0 amide bonds. The molecule has 0 aliphatic heterocycles. The number of hydrogen-bond donors (Lipinski definition) is 0. The van der Waals surface area contributed by atoms with Crippen LogP contribution in [0.3, 0.4) is 0 Å². The van der Waals surface area contributed by atoms with E-state index in [1.807, 2.05) is 42.5 Å². The van der Waals surface area contributed by atoms with E-state index in [1.165, 1.54) is 0 Å². The van der Waals surface area contributed by atoms with Crippen molar-refractivity contribution in [2.24, 2.45) is 0 Å². The van der Waals surface area contributed by atoms with Crippen molar-refractivity contribution in [3.8, 4) is 5.75 Å². The van der Waals surface area contributed by atoms with E-state index < -0.39 is 10.8 Å². The van der Waals surface area contributed by atoms with Crippen LogP contribution in [0.4, 0.5) is 0 Å².